The number of halogens is 15. The van der Waals surface area contributed by atoms with Gasteiger partial charge in [-0.05, 0) is 0 Å². The molecular weight excluding hydrogens is 943 g/mol. The third kappa shape index (κ3) is 7.03. The van der Waals surface area contributed by atoms with Gasteiger partial charge in [0.05, 0.1) is 0 Å². The minimum atomic E-state index is -6.17. The van der Waals surface area contributed by atoms with Crippen LogP contribution >= 0.6 is 0 Å². The van der Waals surface area contributed by atoms with E-state index < -0.39 is 139 Å². The van der Waals surface area contributed by atoms with E-state index in [0.29, 0.717) is 17.3 Å². The second kappa shape index (κ2) is 17.3. The fourth-order valence-electron chi connectivity index (χ4n) is 8.61. The van der Waals surface area contributed by atoms with E-state index in [1.54, 1.807) is 73.6 Å². The molecule has 64 heavy (non-hydrogen) atoms. The SMILES string of the molecule is CC(C)c1cccc(C(C)C)c1-n1c([B-](c2c(F)c(F)c(F)c(F)c2F)(c2c(F)c(F)c(F)c(F)c2F)c2c(F)c(F)c(F)c(F)c2F)c[n+](-c2c(C(C)C)cccc2C(C)C)c1[SeH]. The zero-order chi connectivity index (χ0) is 47.9. The summed E-state index contributed by atoms with van der Waals surface area (Å²) in [5, 5.41) is 0. The molecule has 0 bridgehead atoms. The zero-order valence-electron chi connectivity index (χ0n) is 34.9. The summed E-state index contributed by atoms with van der Waals surface area (Å²) in [6, 6.07) is 9.27. The average molecular weight is 980 g/mol. The van der Waals surface area contributed by atoms with Gasteiger partial charge in [-0.1, -0.05) is 0 Å². The zero-order valence-corrected chi connectivity index (χ0v) is 36.8. The van der Waals surface area contributed by atoms with Crippen molar-refractivity contribution in [2.75, 3.05) is 0 Å². The molecule has 340 valence electrons. The number of benzene rings is 5. The molecule has 0 atom stereocenters. The van der Waals surface area contributed by atoms with Gasteiger partial charge in [-0.3, -0.25) is 0 Å². The van der Waals surface area contributed by atoms with E-state index in [1.165, 1.54) is 18.2 Å². The van der Waals surface area contributed by atoms with Gasteiger partial charge in [0.2, 0.25) is 0 Å². The Hall–Kier alpha value is -5.16. The first-order valence-corrected chi connectivity index (χ1v) is 20.6. The van der Waals surface area contributed by atoms with Crippen LogP contribution in [0.25, 0.3) is 11.4 Å². The Bertz CT molecular complexity index is 2580. The summed E-state index contributed by atoms with van der Waals surface area (Å²) in [6.07, 6.45) is -5.54. The molecule has 0 amide bonds. The van der Waals surface area contributed by atoms with E-state index in [9.17, 15) is 13.2 Å². The normalized spacial score (nSPS) is 12.3. The first-order valence-electron chi connectivity index (χ1n) is 19.6. The Kier molecular flexibility index (Phi) is 13.1. The van der Waals surface area contributed by atoms with E-state index in [0.717, 1.165) is 9.13 Å². The number of nitrogens with zero attached hydrogens (tertiary/aromatic N) is 2. The van der Waals surface area contributed by atoms with Crippen molar-refractivity contribution in [2.45, 2.75) is 79.1 Å². The summed E-state index contributed by atoms with van der Waals surface area (Å²) in [5.41, 5.74) is -8.40. The molecule has 0 N–H and O–H groups in total. The molecule has 6 rings (SSSR count). The van der Waals surface area contributed by atoms with Crippen LogP contribution in [0.1, 0.15) is 101 Å². The van der Waals surface area contributed by atoms with E-state index >= 15 is 52.7 Å². The fraction of sp³-hybridized carbons (Fsp3) is 0.267. The quantitative estimate of drug-likeness (QED) is 0.0426. The van der Waals surface area contributed by atoms with Gasteiger partial charge in [0.25, 0.3) is 0 Å². The monoisotopic (exact) mass is 980 g/mol. The molecule has 0 radical (unpaired) electrons. The summed E-state index contributed by atoms with van der Waals surface area (Å²) < 4.78 is 243. The molecule has 0 aliphatic rings. The molecule has 0 fully saturated rings. The summed E-state index contributed by atoms with van der Waals surface area (Å²) in [7, 11) is 0. The van der Waals surface area contributed by atoms with E-state index in [-0.39, 0.29) is 27.2 Å². The molecule has 2 nitrogen and oxygen atoms in total. The topological polar surface area (TPSA) is 8.81 Å². The molecule has 0 saturated heterocycles. The molecule has 1 heterocycles. The molecule has 0 aliphatic carbocycles. The van der Waals surface area contributed by atoms with Crippen molar-refractivity contribution in [1.82, 2.24) is 4.57 Å². The number of aromatic nitrogens is 2. The summed E-state index contributed by atoms with van der Waals surface area (Å²) >= 11 is 1.96. The fourth-order valence-corrected chi connectivity index (χ4v) is 9.40. The second-order valence-electron chi connectivity index (χ2n) is 16.6. The Morgan fingerprint density at radius 3 is 0.922 bits per heavy atom. The summed E-state index contributed by atoms with van der Waals surface area (Å²) in [5.74, 6) is -48.1. The van der Waals surface area contributed by atoms with Gasteiger partial charge in [-0.25, -0.2) is 0 Å². The van der Waals surface area contributed by atoms with Crippen LogP contribution < -0.4 is 31.3 Å². The Balaban J connectivity index is 2.20. The maximum absolute atomic E-state index is 17.0. The van der Waals surface area contributed by atoms with E-state index in [1.807, 2.05) is 16.0 Å². The summed E-state index contributed by atoms with van der Waals surface area (Å²) in [6.45, 7) is 13.3. The predicted molar refractivity (Wildman–Crippen MR) is 213 cm³/mol. The number of hydrogen-bond acceptors (Lipinski definition) is 0. The number of para-hydroxylation sites is 2. The molecule has 1 aromatic heterocycles. The first kappa shape index (κ1) is 48.3. The number of hydrogen-bond donors (Lipinski definition) is 0. The first-order chi connectivity index (χ1) is 29.8. The third-order valence-electron chi connectivity index (χ3n) is 11.6. The van der Waals surface area contributed by atoms with E-state index in [4.69, 9.17) is 0 Å². The minimum absolute atomic E-state index is 0.133. The van der Waals surface area contributed by atoms with Crippen molar-refractivity contribution < 1.29 is 70.4 Å². The van der Waals surface area contributed by atoms with Crippen LogP contribution in [0, 0.1) is 87.3 Å². The van der Waals surface area contributed by atoms with Gasteiger partial charge in [0.1, 0.15) is 0 Å². The van der Waals surface area contributed by atoms with Crippen molar-refractivity contribution >= 4 is 48.9 Å². The van der Waals surface area contributed by atoms with Crippen LogP contribution in [0.5, 0.6) is 0 Å². The van der Waals surface area contributed by atoms with Gasteiger partial charge >= 0.3 is 366 Å². The van der Waals surface area contributed by atoms with Crippen LogP contribution in [0.2, 0.25) is 0 Å². The molecule has 0 spiro atoms. The average Bonchev–Trinajstić information content (AvgIpc) is 3.59. The maximum atomic E-state index is 17.0. The number of imidazole rings is 1. The molecule has 6 aromatic rings. The van der Waals surface area contributed by atoms with Gasteiger partial charge in [0.15, 0.2) is 0 Å². The van der Waals surface area contributed by atoms with Crippen LogP contribution in [0.15, 0.2) is 42.6 Å². The van der Waals surface area contributed by atoms with Crippen LogP contribution in [-0.2, 0) is 0 Å². The van der Waals surface area contributed by atoms with Crippen molar-refractivity contribution in [3.8, 4) is 11.4 Å². The predicted octanol–water partition coefficient (Wildman–Crippen LogP) is 9.24. The molecular formula is C45H36BF15N2Se. The molecule has 5 aromatic carbocycles. The van der Waals surface area contributed by atoms with Gasteiger partial charge in [-0.2, -0.15) is 0 Å². The Morgan fingerprint density at radius 2 is 0.656 bits per heavy atom. The van der Waals surface area contributed by atoms with Gasteiger partial charge in [0, 0.05) is 0 Å². The number of rotatable bonds is 10. The second-order valence-corrected chi connectivity index (χ2v) is 17.4. The van der Waals surface area contributed by atoms with Crippen LogP contribution in [0.3, 0.4) is 0 Å². The molecule has 0 saturated carbocycles. The molecule has 19 heteroatoms. The van der Waals surface area contributed by atoms with E-state index in [2.05, 4.69) is 0 Å². The van der Waals surface area contributed by atoms with Crippen molar-refractivity contribution in [1.29, 1.82) is 0 Å². The molecule has 0 aliphatic heterocycles. The van der Waals surface area contributed by atoms with Crippen molar-refractivity contribution in [3.05, 3.63) is 152 Å². The van der Waals surface area contributed by atoms with Crippen molar-refractivity contribution in [3.63, 3.8) is 0 Å². The van der Waals surface area contributed by atoms with Gasteiger partial charge in [-0.15, -0.1) is 0 Å². The van der Waals surface area contributed by atoms with Crippen molar-refractivity contribution in [2.24, 2.45) is 0 Å². The standard InChI is InChI=1S/C45H35BF15N2Se/c1-16(2)20-11-9-12-21(17(3)4)43(20)62-15-24(63(45(62)64)44-22(18(5)6)13-10-14-23(44)19(7)8)46(25-28(47)34(53)40(59)35(54)29(25)48,26-30(49)36(55)41(60)37(56)31(26)50)27-32(51)38(57)42(61)39(58)33(27)52/h9-19H,1-8H3/q-1/p+1. The summed E-state index contributed by atoms with van der Waals surface area (Å²) in [4.78, 5) is 0. The van der Waals surface area contributed by atoms with Crippen LogP contribution in [0.4, 0.5) is 65.9 Å². The molecule has 0 unspecified atom stereocenters. The van der Waals surface area contributed by atoms with Gasteiger partial charge < -0.3 is 0 Å². The Labute approximate surface area is 365 Å². The third-order valence-corrected chi connectivity index (χ3v) is 12.4. The Morgan fingerprint density at radius 1 is 0.406 bits per heavy atom. The van der Waals surface area contributed by atoms with Crippen LogP contribution in [-0.4, -0.2) is 26.7 Å².